The van der Waals surface area contributed by atoms with Crippen molar-refractivity contribution in [3.05, 3.63) is 24.7 Å². The molecule has 138 valence electrons. The second kappa shape index (κ2) is 6.01. The van der Waals surface area contributed by atoms with E-state index >= 15 is 0 Å². The van der Waals surface area contributed by atoms with Crippen molar-refractivity contribution < 1.29 is 4.79 Å². The van der Waals surface area contributed by atoms with Crippen LogP contribution in [-0.4, -0.2) is 64.3 Å². The largest absolute Gasteiger partial charge is 0.354 e. The first-order valence-electron chi connectivity index (χ1n) is 9.74. The molecule has 7 nitrogen and oxygen atoms in total. The average Bonchev–Trinajstić information content (AvgIpc) is 2.66. The first-order valence-corrected chi connectivity index (χ1v) is 9.74. The summed E-state index contributed by atoms with van der Waals surface area (Å²) in [6.45, 7) is 7.99. The normalized spacial score (nSPS) is 32.6. The molecule has 6 rings (SSSR count). The second-order valence-corrected chi connectivity index (χ2v) is 8.53. The Morgan fingerprint density at radius 1 is 1.23 bits per heavy atom. The highest BCUT2D eigenvalue weighted by molar-refractivity contribution is 5.83. The summed E-state index contributed by atoms with van der Waals surface area (Å²) in [6.07, 6.45) is 8.73. The van der Waals surface area contributed by atoms with Crippen molar-refractivity contribution in [2.24, 2.45) is 11.3 Å². The molecule has 5 aliphatic rings. The number of carbonyl (C=O) groups is 1. The van der Waals surface area contributed by atoms with Gasteiger partial charge in [-0.05, 0) is 32.1 Å². The van der Waals surface area contributed by atoms with Crippen LogP contribution in [0.1, 0.15) is 32.1 Å². The van der Waals surface area contributed by atoms with Crippen molar-refractivity contribution in [2.45, 2.75) is 44.2 Å². The van der Waals surface area contributed by atoms with Gasteiger partial charge in [0.2, 0.25) is 5.91 Å². The summed E-state index contributed by atoms with van der Waals surface area (Å²) in [5.41, 5.74) is 1.62. The summed E-state index contributed by atoms with van der Waals surface area (Å²) in [7, 11) is 0. The molecule has 1 spiro atoms. The molecule has 5 heterocycles. The van der Waals surface area contributed by atoms with Gasteiger partial charge in [0.05, 0.1) is 12.2 Å². The lowest BCUT2D eigenvalue weighted by Crippen LogP contribution is -2.64. The van der Waals surface area contributed by atoms with Crippen molar-refractivity contribution in [1.82, 2.24) is 25.4 Å². The van der Waals surface area contributed by atoms with Crippen molar-refractivity contribution in [3.63, 3.8) is 0 Å². The molecule has 3 atom stereocenters. The Morgan fingerprint density at radius 2 is 2.04 bits per heavy atom. The summed E-state index contributed by atoms with van der Waals surface area (Å²) >= 11 is 0. The summed E-state index contributed by atoms with van der Waals surface area (Å²) in [5.74, 6) is 1.55. The molecule has 5 fully saturated rings. The van der Waals surface area contributed by atoms with E-state index in [0.29, 0.717) is 23.3 Å². The zero-order chi connectivity index (χ0) is 17.7. The third-order valence-corrected chi connectivity index (χ3v) is 6.94. The Morgan fingerprint density at radius 3 is 2.69 bits per heavy atom. The third kappa shape index (κ3) is 2.60. The minimum Gasteiger partial charge on any atom is -0.354 e. The lowest BCUT2D eigenvalue weighted by Gasteiger charge is -2.55. The van der Waals surface area contributed by atoms with E-state index in [4.69, 9.17) is 0 Å². The molecule has 1 aromatic rings. The number of amides is 1. The fourth-order valence-electron chi connectivity index (χ4n) is 5.35. The molecule has 26 heavy (non-hydrogen) atoms. The highest BCUT2D eigenvalue weighted by Gasteiger charge is 2.48. The minimum absolute atomic E-state index is 0.0333. The molecule has 1 N–H and O–H groups in total. The molecule has 0 unspecified atom stereocenters. The van der Waals surface area contributed by atoms with Crippen molar-refractivity contribution in [3.8, 4) is 0 Å². The van der Waals surface area contributed by atoms with Gasteiger partial charge >= 0.3 is 0 Å². The highest BCUT2D eigenvalue weighted by Crippen LogP contribution is 2.43. The predicted octanol–water partition coefficient (Wildman–Crippen LogP) is 0.997. The third-order valence-electron chi connectivity index (χ3n) is 6.94. The van der Waals surface area contributed by atoms with E-state index in [1.165, 1.54) is 18.3 Å². The molecule has 1 saturated carbocycles. The number of aromatic nitrogens is 3. The molecule has 1 aliphatic carbocycles. The summed E-state index contributed by atoms with van der Waals surface area (Å²) < 4.78 is 0. The van der Waals surface area contributed by atoms with Crippen LogP contribution in [0.25, 0.3) is 0 Å². The molecule has 0 aromatic carbocycles. The highest BCUT2D eigenvalue weighted by atomic mass is 16.2. The molecule has 2 bridgehead atoms. The van der Waals surface area contributed by atoms with Crippen LogP contribution in [0.3, 0.4) is 0 Å². The van der Waals surface area contributed by atoms with Gasteiger partial charge in [-0.1, -0.05) is 12.2 Å². The quantitative estimate of drug-likeness (QED) is 0.799. The van der Waals surface area contributed by atoms with E-state index in [0.717, 1.165) is 57.7 Å². The Hall–Kier alpha value is -2.02. The van der Waals surface area contributed by atoms with Crippen LogP contribution >= 0.6 is 0 Å². The SMILES string of the molecule is C=C1C[C@@H]2CC[C@H]1[C@@H](C(=O)N1CCC3(CC1)CN(c1cnncn1)C3)N2. The molecule has 1 amide bonds. The Bertz CT molecular complexity index is 706. The Kier molecular flexibility index (Phi) is 3.74. The number of nitrogens with one attached hydrogen (secondary N) is 1. The van der Waals surface area contributed by atoms with Gasteiger partial charge in [-0.2, -0.15) is 5.10 Å². The summed E-state index contributed by atoms with van der Waals surface area (Å²) in [4.78, 5) is 21.7. The van der Waals surface area contributed by atoms with Crippen LogP contribution in [0.2, 0.25) is 0 Å². The van der Waals surface area contributed by atoms with Crippen LogP contribution in [0, 0.1) is 11.3 Å². The van der Waals surface area contributed by atoms with Crippen molar-refractivity contribution in [1.29, 1.82) is 0 Å². The number of anilines is 1. The maximum atomic E-state index is 13.1. The van der Waals surface area contributed by atoms with E-state index in [1.807, 2.05) is 0 Å². The number of nitrogens with zero attached hydrogens (tertiary/aromatic N) is 5. The van der Waals surface area contributed by atoms with E-state index in [9.17, 15) is 4.79 Å². The van der Waals surface area contributed by atoms with Gasteiger partial charge in [0.15, 0.2) is 5.82 Å². The average molecular weight is 354 g/mol. The van der Waals surface area contributed by atoms with Gasteiger partial charge in [-0.15, -0.1) is 5.10 Å². The molecular weight excluding hydrogens is 328 g/mol. The first-order chi connectivity index (χ1) is 12.6. The van der Waals surface area contributed by atoms with Crippen LogP contribution in [-0.2, 0) is 4.79 Å². The number of hydrogen-bond donors (Lipinski definition) is 1. The van der Waals surface area contributed by atoms with Crippen molar-refractivity contribution in [2.75, 3.05) is 31.1 Å². The lowest BCUT2D eigenvalue weighted by molar-refractivity contribution is -0.138. The maximum Gasteiger partial charge on any atom is 0.240 e. The maximum absolute atomic E-state index is 13.1. The van der Waals surface area contributed by atoms with E-state index in [1.54, 1.807) is 6.20 Å². The number of rotatable bonds is 2. The molecule has 1 aromatic heterocycles. The Labute approximate surface area is 153 Å². The molecule has 4 aliphatic heterocycles. The van der Waals surface area contributed by atoms with Crippen LogP contribution in [0.15, 0.2) is 24.7 Å². The fraction of sp³-hybridized carbons (Fsp3) is 0.684. The monoisotopic (exact) mass is 354 g/mol. The predicted molar refractivity (Wildman–Crippen MR) is 97.5 cm³/mol. The molecular formula is C19H26N6O. The van der Waals surface area contributed by atoms with Crippen LogP contribution in [0.4, 0.5) is 5.82 Å². The topological polar surface area (TPSA) is 74.2 Å². The lowest BCUT2D eigenvalue weighted by atomic mass is 9.71. The van der Waals surface area contributed by atoms with Gasteiger partial charge in [0.25, 0.3) is 0 Å². The van der Waals surface area contributed by atoms with E-state index in [2.05, 4.69) is 36.9 Å². The number of piperidine rings is 3. The zero-order valence-electron chi connectivity index (χ0n) is 15.1. The number of carbonyl (C=O) groups excluding carboxylic acids is 1. The Balaban J connectivity index is 1.18. The minimum atomic E-state index is -0.0333. The standard InChI is InChI=1S/C19H26N6O/c1-13-8-14-2-3-15(13)17(23-14)18(26)24-6-4-19(5-7-24)10-25(11-19)16-9-21-22-12-20-16/h9,12,14-15,17,23H,1-8,10-11H2/t14-,15+,17-/m0/s1. The van der Waals surface area contributed by atoms with Crippen LogP contribution in [0.5, 0.6) is 0 Å². The summed E-state index contributed by atoms with van der Waals surface area (Å²) in [5, 5.41) is 11.2. The van der Waals surface area contributed by atoms with Gasteiger partial charge in [0.1, 0.15) is 6.33 Å². The van der Waals surface area contributed by atoms with Crippen molar-refractivity contribution >= 4 is 11.7 Å². The second-order valence-electron chi connectivity index (χ2n) is 8.53. The first kappa shape index (κ1) is 16.2. The van der Waals surface area contributed by atoms with Gasteiger partial charge in [-0.3, -0.25) is 4.79 Å². The van der Waals surface area contributed by atoms with Gasteiger partial charge in [-0.25, -0.2) is 4.98 Å². The van der Waals surface area contributed by atoms with Gasteiger partial charge in [0, 0.05) is 43.6 Å². The number of likely N-dealkylation sites (tertiary alicyclic amines) is 1. The van der Waals surface area contributed by atoms with Crippen LogP contribution < -0.4 is 10.2 Å². The number of fused-ring (bicyclic) bond motifs is 3. The molecule has 0 radical (unpaired) electrons. The van der Waals surface area contributed by atoms with E-state index < -0.39 is 0 Å². The smallest absolute Gasteiger partial charge is 0.240 e. The molecule has 7 heteroatoms. The fourth-order valence-corrected chi connectivity index (χ4v) is 5.35. The summed E-state index contributed by atoms with van der Waals surface area (Å²) in [6, 6.07) is 0.424. The molecule has 4 saturated heterocycles. The number of hydrogen-bond acceptors (Lipinski definition) is 6. The zero-order valence-corrected chi connectivity index (χ0v) is 15.1. The van der Waals surface area contributed by atoms with Gasteiger partial charge < -0.3 is 15.1 Å². The van der Waals surface area contributed by atoms with E-state index in [-0.39, 0.29) is 6.04 Å².